The van der Waals surface area contributed by atoms with Gasteiger partial charge in [0.15, 0.2) is 0 Å². The molecule has 0 amide bonds. The summed E-state index contributed by atoms with van der Waals surface area (Å²) < 4.78 is 5.48. The van der Waals surface area contributed by atoms with Gasteiger partial charge in [0, 0.05) is 19.2 Å². The van der Waals surface area contributed by atoms with E-state index < -0.39 is 0 Å². The summed E-state index contributed by atoms with van der Waals surface area (Å²) in [6.07, 6.45) is 8.31. The summed E-state index contributed by atoms with van der Waals surface area (Å²) >= 11 is 0. The second kappa shape index (κ2) is 23.6. The molecule has 0 aromatic heterocycles. The molecule has 27 heavy (non-hydrogen) atoms. The van der Waals surface area contributed by atoms with Crippen LogP contribution in [0.25, 0.3) is 0 Å². The van der Waals surface area contributed by atoms with E-state index in [0.717, 1.165) is 42.9 Å². The first kappa shape index (κ1) is 31.3. The van der Waals surface area contributed by atoms with Crippen molar-refractivity contribution in [3.8, 4) is 0 Å². The van der Waals surface area contributed by atoms with Gasteiger partial charge >= 0.3 is 0 Å². The highest BCUT2D eigenvalue weighted by molar-refractivity contribution is 5.11. The fourth-order valence-corrected chi connectivity index (χ4v) is 3.93. The summed E-state index contributed by atoms with van der Waals surface area (Å²) in [7, 11) is 1.50. The Morgan fingerprint density at radius 3 is 2.07 bits per heavy atom. The molecule has 0 aromatic rings. The maximum Gasteiger partial charge on any atom is 0.106 e. The van der Waals surface area contributed by atoms with E-state index in [1.54, 1.807) is 0 Å². The van der Waals surface area contributed by atoms with E-state index >= 15 is 0 Å². The zero-order chi connectivity index (χ0) is 21.7. The first-order valence-corrected chi connectivity index (χ1v) is 11.4. The van der Waals surface area contributed by atoms with Crippen LogP contribution in [-0.4, -0.2) is 39.6 Å². The number of nitrogens with two attached hydrogens (primary N) is 1. The van der Waals surface area contributed by atoms with Crippen molar-refractivity contribution in [2.45, 2.75) is 93.0 Å². The zero-order valence-electron chi connectivity index (χ0n) is 19.9. The van der Waals surface area contributed by atoms with E-state index in [0.29, 0.717) is 0 Å². The average molecular weight is 389 g/mol. The van der Waals surface area contributed by atoms with Crippen LogP contribution in [0.2, 0.25) is 0 Å². The summed E-state index contributed by atoms with van der Waals surface area (Å²) in [5.74, 6) is 3.49. The third kappa shape index (κ3) is 15.2. The highest BCUT2D eigenvalue weighted by Crippen LogP contribution is 2.35. The van der Waals surface area contributed by atoms with Crippen molar-refractivity contribution in [1.29, 1.82) is 0 Å². The molecule has 3 N–H and O–H groups in total. The molecule has 1 heterocycles. The van der Waals surface area contributed by atoms with Gasteiger partial charge in [-0.25, -0.2) is 0 Å². The van der Waals surface area contributed by atoms with Gasteiger partial charge < -0.3 is 20.6 Å². The van der Waals surface area contributed by atoms with Gasteiger partial charge in [0.05, 0.1) is 6.61 Å². The number of carbonyl (C=O) groups is 1. The number of hydrogen-bond donors (Lipinski definition) is 2. The predicted molar refractivity (Wildman–Crippen MR) is 121 cm³/mol. The second-order valence-electron chi connectivity index (χ2n) is 7.22. The van der Waals surface area contributed by atoms with E-state index in [4.69, 9.17) is 9.53 Å². The van der Waals surface area contributed by atoms with Crippen molar-refractivity contribution in [3.63, 3.8) is 0 Å². The number of carbonyl (C=O) groups excluding carboxylic acids is 1. The Kier molecular flexibility index (Phi) is 27.3. The summed E-state index contributed by atoms with van der Waals surface area (Å²) in [6, 6.07) is 0.769. The van der Waals surface area contributed by atoms with Crippen LogP contribution in [0.4, 0.5) is 0 Å². The molecular weight excluding hydrogens is 336 g/mol. The number of rotatable bonds is 6. The molecule has 2 fully saturated rings. The Bertz CT molecular complexity index is 269. The fourth-order valence-electron chi connectivity index (χ4n) is 3.93. The summed E-state index contributed by atoms with van der Waals surface area (Å²) in [4.78, 5) is 8.00. The molecule has 1 aliphatic carbocycles. The number of ether oxygens (including phenoxy) is 1. The lowest BCUT2D eigenvalue weighted by atomic mass is 9.73. The molecule has 0 spiro atoms. The predicted octanol–water partition coefficient (Wildman–Crippen LogP) is 5.30. The second-order valence-corrected chi connectivity index (χ2v) is 7.22. The van der Waals surface area contributed by atoms with E-state index in [2.05, 4.69) is 31.8 Å². The Labute approximate surface area is 171 Å². The van der Waals surface area contributed by atoms with Crippen LogP contribution in [-0.2, 0) is 9.53 Å². The quantitative estimate of drug-likeness (QED) is 0.648. The molecule has 4 atom stereocenters. The monoisotopic (exact) mass is 388 g/mol. The molecule has 0 bridgehead atoms. The van der Waals surface area contributed by atoms with Gasteiger partial charge in [-0.1, -0.05) is 54.9 Å². The number of nitrogens with one attached hydrogen (secondary N) is 1. The van der Waals surface area contributed by atoms with Gasteiger partial charge in [-0.15, -0.1) is 0 Å². The van der Waals surface area contributed by atoms with Crippen LogP contribution in [0.15, 0.2) is 0 Å². The normalized spacial score (nSPS) is 26.1. The lowest BCUT2D eigenvalue weighted by Gasteiger charge is -2.38. The van der Waals surface area contributed by atoms with Crippen LogP contribution in [0.3, 0.4) is 0 Å². The molecule has 1 saturated carbocycles. The molecule has 166 valence electrons. The van der Waals surface area contributed by atoms with Crippen LogP contribution in [0.5, 0.6) is 0 Å². The van der Waals surface area contributed by atoms with E-state index in [1.165, 1.54) is 52.1 Å². The highest BCUT2D eigenvalue weighted by atomic mass is 16.5. The lowest BCUT2D eigenvalue weighted by molar-refractivity contribution is -0.0979. The minimum absolute atomic E-state index is 0.767. The zero-order valence-corrected chi connectivity index (χ0v) is 19.9. The lowest BCUT2D eigenvalue weighted by Crippen LogP contribution is -2.43. The van der Waals surface area contributed by atoms with Gasteiger partial charge in [-0.05, 0) is 62.8 Å². The molecule has 2 aliphatic rings. The molecular formula is C23H52N2O2. The third-order valence-corrected chi connectivity index (χ3v) is 5.14. The Morgan fingerprint density at radius 2 is 1.63 bits per heavy atom. The minimum Gasteiger partial charge on any atom is -0.381 e. The van der Waals surface area contributed by atoms with E-state index in [1.807, 2.05) is 34.5 Å². The first-order chi connectivity index (χ1) is 13.2. The molecule has 4 nitrogen and oxygen atoms in total. The largest absolute Gasteiger partial charge is 0.381 e. The van der Waals surface area contributed by atoms with Crippen LogP contribution < -0.4 is 11.1 Å². The Hall–Kier alpha value is -0.450. The topological polar surface area (TPSA) is 64.3 Å². The van der Waals surface area contributed by atoms with Crippen molar-refractivity contribution in [2.24, 2.45) is 29.4 Å². The Morgan fingerprint density at radius 1 is 1.04 bits per heavy atom. The summed E-state index contributed by atoms with van der Waals surface area (Å²) in [5, 5.41) is 3.88. The maximum absolute atomic E-state index is 8.00. The van der Waals surface area contributed by atoms with Crippen LogP contribution in [0.1, 0.15) is 87.0 Å². The highest BCUT2D eigenvalue weighted by Gasteiger charge is 2.30. The van der Waals surface area contributed by atoms with Crippen molar-refractivity contribution < 1.29 is 9.53 Å². The molecule has 0 radical (unpaired) electrons. The molecule has 4 unspecified atom stereocenters. The van der Waals surface area contributed by atoms with Gasteiger partial charge in [0.1, 0.15) is 6.79 Å². The first-order valence-electron chi connectivity index (χ1n) is 11.4. The fraction of sp³-hybridized carbons (Fsp3) is 0.957. The number of hydrogen-bond acceptors (Lipinski definition) is 4. The minimum atomic E-state index is 0.767. The molecule has 1 saturated heterocycles. The van der Waals surface area contributed by atoms with Gasteiger partial charge in [0.25, 0.3) is 0 Å². The van der Waals surface area contributed by atoms with Crippen LogP contribution >= 0.6 is 0 Å². The summed E-state index contributed by atoms with van der Waals surface area (Å²) in [6.45, 7) is 20.2. The van der Waals surface area contributed by atoms with E-state index in [9.17, 15) is 0 Å². The van der Waals surface area contributed by atoms with Gasteiger partial charge in [-0.2, -0.15) is 0 Å². The molecule has 4 heteroatoms. The maximum atomic E-state index is 8.00. The molecule has 0 aromatic carbocycles. The molecule has 2 rings (SSSR count). The van der Waals surface area contributed by atoms with Crippen molar-refractivity contribution in [3.05, 3.63) is 0 Å². The standard InChI is InChI=1S/C17H33NO.2C2H6.CH5N.CH2O/c1-4-14-5-6-17(16(10-14)9-13(2)3)18-11-15-7-8-19-12-15;4*1-2/h13-18H,4-12H2,1-3H3;2*1-2H3;2H2,1H3;1H2. The third-order valence-electron chi connectivity index (χ3n) is 5.14. The van der Waals surface area contributed by atoms with Gasteiger partial charge in [0.2, 0.25) is 0 Å². The smallest absolute Gasteiger partial charge is 0.106 e. The van der Waals surface area contributed by atoms with Crippen molar-refractivity contribution in [2.75, 3.05) is 26.8 Å². The summed E-state index contributed by atoms with van der Waals surface area (Å²) in [5.41, 5.74) is 4.50. The Balaban J connectivity index is -0.000000638. The van der Waals surface area contributed by atoms with Crippen molar-refractivity contribution >= 4 is 6.79 Å². The van der Waals surface area contributed by atoms with Crippen molar-refractivity contribution in [1.82, 2.24) is 5.32 Å². The molecule has 1 aliphatic heterocycles. The SMILES string of the molecule is C=O.CC.CC.CCC1CCC(NCC2CCOC2)C(CC(C)C)C1.CN. The average Bonchev–Trinajstić information content (AvgIpc) is 3.26. The van der Waals surface area contributed by atoms with Gasteiger partial charge in [-0.3, -0.25) is 0 Å². The van der Waals surface area contributed by atoms with Crippen LogP contribution in [0, 0.1) is 23.7 Å². The van der Waals surface area contributed by atoms with E-state index in [-0.39, 0.29) is 0 Å².